The van der Waals surface area contributed by atoms with Crippen molar-refractivity contribution in [2.45, 2.75) is 52.6 Å². The Morgan fingerprint density at radius 2 is 0.909 bits per heavy atom. The van der Waals surface area contributed by atoms with Crippen LogP contribution >= 0.6 is 0 Å². The highest BCUT2D eigenvalue weighted by atomic mass is 14.8. The van der Waals surface area contributed by atoms with Gasteiger partial charge >= 0.3 is 0 Å². The fraction of sp³-hybridized carbons (Fsp3) is 0.250. The maximum absolute atomic E-state index is 3.42. The van der Waals surface area contributed by atoms with Crippen LogP contribution in [0.2, 0.25) is 0 Å². The van der Waals surface area contributed by atoms with Crippen LogP contribution in [0.3, 0.4) is 0 Å². The largest absolute Gasteiger partial charge is 0.309 e. The van der Waals surface area contributed by atoms with Crippen LogP contribution in [-0.2, 0) is 18.5 Å². The van der Waals surface area contributed by atoms with Gasteiger partial charge < -0.3 is 5.32 Å². The van der Waals surface area contributed by atoms with Crippen molar-refractivity contribution in [3.05, 3.63) is 143 Å². The molecular weight excluding hydrogens is 398 g/mol. The number of hydrogen-bond acceptors (Lipinski definition) is 1. The van der Waals surface area contributed by atoms with E-state index in [1.165, 1.54) is 33.4 Å². The number of aryl methyl sites for hydroxylation is 2. The molecule has 0 aliphatic rings. The van der Waals surface area contributed by atoms with Gasteiger partial charge in [-0.3, -0.25) is 0 Å². The summed E-state index contributed by atoms with van der Waals surface area (Å²) in [5, 5.41) is 3.42. The van der Waals surface area contributed by atoms with E-state index in [0.29, 0.717) is 0 Å². The zero-order chi connectivity index (χ0) is 23.5. The van der Waals surface area contributed by atoms with Crippen molar-refractivity contribution in [2.24, 2.45) is 0 Å². The lowest BCUT2D eigenvalue weighted by Gasteiger charge is -2.32. The normalized spacial score (nSPS) is 10.9. The van der Waals surface area contributed by atoms with E-state index in [1.807, 2.05) is 12.1 Å². The minimum Gasteiger partial charge on any atom is -0.309 e. The van der Waals surface area contributed by atoms with Gasteiger partial charge in [-0.2, -0.15) is 0 Å². The standard InChI is InChI=1S/C18H22.C14H15N/c1-5-18(4,16-12-8-6-10-14(16)2)17-13-9-7-11-15(17)3;1-3-7-13(8-4-1)11-15-12-14-9-5-2-6-10-14/h6-13H,5H2,1-4H3;1-10,15H,11-12H2. The van der Waals surface area contributed by atoms with Crippen LogP contribution in [0.4, 0.5) is 0 Å². The fourth-order valence-corrected chi connectivity index (χ4v) is 4.45. The summed E-state index contributed by atoms with van der Waals surface area (Å²) in [6.45, 7) is 10.9. The molecule has 1 N–H and O–H groups in total. The Morgan fingerprint density at radius 3 is 1.27 bits per heavy atom. The topological polar surface area (TPSA) is 12.0 Å². The van der Waals surface area contributed by atoms with Crippen molar-refractivity contribution in [1.29, 1.82) is 0 Å². The summed E-state index contributed by atoms with van der Waals surface area (Å²) in [5.74, 6) is 0. The molecule has 0 spiro atoms. The molecule has 0 atom stereocenters. The molecule has 0 aliphatic carbocycles. The van der Waals surface area contributed by atoms with Gasteiger partial charge in [0.1, 0.15) is 0 Å². The van der Waals surface area contributed by atoms with Crippen LogP contribution in [0.1, 0.15) is 53.6 Å². The molecule has 0 radical (unpaired) electrons. The van der Waals surface area contributed by atoms with Gasteiger partial charge in [0.15, 0.2) is 0 Å². The predicted molar refractivity (Wildman–Crippen MR) is 143 cm³/mol. The summed E-state index contributed by atoms with van der Waals surface area (Å²) < 4.78 is 0. The SMILES string of the molecule is CCC(C)(c1ccccc1C)c1ccccc1C.c1ccc(CNCc2ccccc2)cc1. The second-order valence-electron chi connectivity index (χ2n) is 8.89. The number of benzene rings is 4. The summed E-state index contributed by atoms with van der Waals surface area (Å²) >= 11 is 0. The molecule has 4 rings (SSSR count). The first kappa shape index (κ1) is 24.5. The van der Waals surface area contributed by atoms with Crippen molar-refractivity contribution >= 4 is 0 Å². The first-order valence-corrected chi connectivity index (χ1v) is 12.0. The Bertz CT molecular complexity index is 1010. The quantitative estimate of drug-likeness (QED) is 0.310. The van der Waals surface area contributed by atoms with Crippen molar-refractivity contribution in [3.63, 3.8) is 0 Å². The van der Waals surface area contributed by atoms with Crippen LogP contribution in [0.5, 0.6) is 0 Å². The van der Waals surface area contributed by atoms with Crippen molar-refractivity contribution in [3.8, 4) is 0 Å². The molecule has 0 fully saturated rings. The molecule has 4 aromatic carbocycles. The molecule has 0 aromatic heterocycles. The monoisotopic (exact) mass is 435 g/mol. The van der Waals surface area contributed by atoms with E-state index in [4.69, 9.17) is 0 Å². The van der Waals surface area contributed by atoms with Crippen molar-refractivity contribution < 1.29 is 0 Å². The Kier molecular flexibility index (Phi) is 9.04. The lowest BCUT2D eigenvalue weighted by atomic mass is 9.71. The van der Waals surface area contributed by atoms with Gasteiger partial charge in [-0.05, 0) is 53.6 Å². The van der Waals surface area contributed by atoms with Gasteiger partial charge in [0.05, 0.1) is 0 Å². The van der Waals surface area contributed by atoms with Gasteiger partial charge in [0.25, 0.3) is 0 Å². The molecule has 0 saturated heterocycles. The molecule has 170 valence electrons. The van der Waals surface area contributed by atoms with E-state index in [-0.39, 0.29) is 5.41 Å². The molecular formula is C32H37N. The van der Waals surface area contributed by atoms with E-state index >= 15 is 0 Å². The molecule has 0 amide bonds. The highest BCUT2D eigenvalue weighted by molar-refractivity contribution is 5.45. The van der Waals surface area contributed by atoms with E-state index in [1.54, 1.807) is 0 Å². The molecule has 0 bridgehead atoms. The Balaban J connectivity index is 0.000000189. The molecule has 4 aromatic rings. The third-order valence-electron chi connectivity index (χ3n) is 6.53. The molecule has 0 heterocycles. The molecule has 1 heteroatoms. The zero-order valence-corrected chi connectivity index (χ0v) is 20.5. The van der Waals surface area contributed by atoms with E-state index in [9.17, 15) is 0 Å². The molecule has 0 saturated carbocycles. The van der Waals surface area contributed by atoms with Crippen molar-refractivity contribution in [1.82, 2.24) is 5.32 Å². The summed E-state index contributed by atoms with van der Waals surface area (Å²) in [4.78, 5) is 0. The van der Waals surface area contributed by atoms with Crippen LogP contribution < -0.4 is 5.32 Å². The third-order valence-corrected chi connectivity index (χ3v) is 6.53. The van der Waals surface area contributed by atoms with Crippen LogP contribution in [0, 0.1) is 13.8 Å². The summed E-state index contributed by atoms with van der Waals surface area (Å²) in [6, 6.07) is 38.4. The third kappa shape index (κ3) is 6.66. The van der Waals surface area contributed by atoms with Gasteiger partial charge in [0, 0.05) is 18.5 Å². The fourth-order valence-electron chi connectivity index (χ4n) is 4.45. The second kappa shape index (κ2) is 12.2. The molecule has 0 aliphatic heterocycles. The smallest absolute Gasteiger partial charge is 0.0208 e. The maximum Gasteiger partial charge on any atom is 0.0208 e. The number of rotatable bonds is 7. The Labute approximate surface area is 200 Å². The minimum atomic E-state index is 0.108. The molecule has 0 unspecified atom stereocenters. The summed E-state index contributed by atoms with van der Waals surface area (Å²) in [5.41, 5.74) is 8.41. The predicted octanol–water partition coefficient (Wildman–Crippen LogP) is 8.00. The second-order valence-corrected chi connectivity index (χ2v) is 8.89. The van der Waals surface area contributed by atoms with Crippen LogP contribution in [-0.4, -0.2) is 0 Å². The molecule has 33 heavy (non-hydrogen) atoms. The summed E-state index contributed by atoms with van der Waals surface area (Å²) in [6.07, 6.45) is 1.11. The lowest BCUT2D eigenvalue weighted by Crippen LogP contribution is -2.24. The first-order valence-electron chi connectivity index (χ1n) is 12.0. The number of nitrogens with one attached hydrogen (secondary N) is 1. The lowest BCUT2D eigenvalue weighted by molar-refractivity contribution is 0.543. The highest BCUT2D eigenvalue weighted by Crippen LogP contribution is 2.38. The Morgan fingerprint density at radius 1 is 0.545 bits per heavy atom. The first-order chi connectivity index (χ1) is 16.0. The van der Waals surface area contributed by atoms with Gasteiger partial charge in [-0.15, -0.1) is 0 Å². The van der Waals surface area contributed by atoms with Crippen LogP contribution in [0.25, 0.3) is 0 Å². The van der Waals surface area contributed by atoms with Crippen molar-refractivity contribution in [2.75, 3.05) is 0 Å². The van der Waals surface area contributed by atoms with Crippen LogP contribution in [0.15, 0.2) is 109 Å². The minimum absolute atomic E-state index is 0.108. The average molecular weight is 436 g/mol. The molecule has 1 nitrogen and oxygen atoms in total. The van der Waals surface area contributed by atoms with E-state index < -0.39 is 0 Å². The van der Waals surface area contributed by atoms with Gasteiger partial charge in [-0.1, -0.05) is 123 Å². The average Bonchev–Trinajstić information content (AvgIpc) is 2.86. The van der Waals surface area contributed by atoms with Gasteiger partial charge in [0.2, 0.25) is 0 Å². The zero-order valence-electron chi connectivity index (χ0n) is 20.5. The van der Waals surface area contributed by atoms with Gasteiger partial charge in [-0.25, -0.2) is 0 Å². The van der Waals surface area contributed by atoms with E-state index in [0.717, 1.165) is 19.5 Å². The van der Waals surface area contributed by atoms with E-state index in [2.05, 4.69) is 130 Å². The number of hydrogen-bond donors (Lipinski definition) is 1. The Hall–Kier alpha value is -3.16. The highest BCUT2D eigenvalue weighted by Gasteiger charge is 2.29. The summed E-state index contributed by atoms with van der Waals surface area (Å²) in [7, 11) is 0. The maximum atomic E-state index is 3.42.